The van der Waals surface area contributed by atoms with E-state index < -0.39 is 5.97 Å². The average Bonchev–Trinajstić information content (AvgIpc) is 2.85. The fourth-order valence-corrected chi connectivity index (χ4v) is 1.59. The molecule has 1 saturated carbocycles. The highest BCUT2D eigenvalue weighted by Gasteiger charge is 2.40. The van der Waals surface area contributed by atoms with Crippen molar-refractivity contribution in [3.05, 3.63) is 34.9 Å². The number of carboxylic acids is 1. The maximum absolute atomic E-state index is 10.9. The zero-order valence-electron chi connectivity index (χ0n) is 8.08. The summed E-state index contributed by atoms with van der Waals surface area (Å²) in [4.78, 5) is 10.9. The predicted octanol–water partition coefficient (Wildman–Crippen LogP) is 1.64. The molecule has 0 unspecified atom stereocenters. The van der Waals surface area contributed by atoms with Crippen LogP contribution < -0.4 is 5.73 Å². The van der Waals surface area contributed by atoms with Gasteiger partial charge in [0.1, 0.15) is 0 Å². The van der Waals surface area contributed by atoms with E-state index in [-0.39, 0.29) is 5.54 Å². The zero-order valence-corrected chi connectivity index (χ0v) is 8.08. The summed E-state index contributed by atoms with van der Waals surface area (Å²) in [6.07, 6.45) is 1.91. The molecule has 0 saturated heterocycles. The van der Waals surface area contributed by atoms with Gasteiger partial charge in [-0.15, -0.1) is 0 Å². The fraction of sp³-hybridized carbons (Fsp3) is 0.364. The first kappa shape index (κ1) is 9.21. The van der Waals surface area contributed by atoms with Crippen molar-refractivity contribution in [1.82, 2.24) is 0 Å². The molecule has 0 radical (unpaired) electrons. The van der Waals surface area contributed by atoms with Crippen molar-refractivity contribution in [1.29, 1.82) is 0 Å². The molecule has 0 bridgehead atoms. The maximum Gasteiger partial charge on any atom is 0.335 e. The minimum absolute atomic E-state index is 0.252. The van der Waals surface area contributed by atoms with E-state index in [4.69, 9.17) is 10.8 Å². The third kappa shape index (κ3) is 1.40. The molecular weight excluding hydrogens is 178 g/mol. The van der Waals surface area contributed by atoms with Gasteiger partial charge in [-0.05, 0) is 37.0 Å². The van der Waals surface area contributed by atoms with Gasteiger partial charge in [-0.3, -0.25) is 0 Å². The first-order valence-electron chi connectivity index (χ1n) is 4.66. The molecule has 0 aromatic heterocycles. The Morgan fingerprint density at radius 1 is 1.50 bits per heavy atom. The Hall–Kier alpha value is -1.35. The second-order valence-corrected chi connectivity index (χ2v) is 3.99. The molecule has 3 heteroatoms. The van der Waals surface area contributed by atoms with E-state index in [1.807, 2.05) is 12.1 Å². The van der Waals surface area contributed by atoms with Crippen LogP contribution in [0.2, 0.25) is 0 Å². The van der Waals surface area contributed by atoms with E-state index in [1.54, 1.807) is 13.0 Å². The molecule has 14 heavy (non-hydrogen) atoms. The quantitative estimate of drug-likeness (QED) is 0.747. The van der Waals surface area contributed by atoms with E-state index >= 15 is 0 Å². The Kier molecular flexibility index (Phi) is 1.86. The number of carboxylic acid groups (broad SMARTS) is 1. The largest absolute Gasteiger partial charge is 0.478 e. The van der Waals surface area contributed by atoms with E-state index in [2.05, 4.69) is 0 Å². The van der Waals surface area contributed by atoms with E-state index in [1.165, 1.54) is 0 Å². The molecule has 1 aliphatic carbocycles. The van der Waals surface area contributed by atoms with Crippen LogP contribution in [0.3, 0.4) is 0 Å². The normalized spacial score (nSPS) is 17.9. The van der Waals surface area contributed by atoms with Crippen molar-refractivity contribution in [2.75, 3.05) is 0 Å². The second kappa shape index (κ2) is 2.82. The van der Waals surface area contributed by atoms with Crippen LogP contribution in [-0.4, -0.2) is 11.1 Å². The highest BCUT2D eigenvalue weighted by atomic mass is 16.4. The van der Waals surface area contributed by atoms with Gasteiger partial charge in [-0.25, -0.2) is 4.79 Å². The van der Waals surface area contributed by atoms with Crippen molar-refractivity contribution in [2.24, 2.45) is 5.73 Å². The second-order valence-electron chi connectivity index (χ2n) is 3.99. The summed E-state index contributed by atoms with van der Waals surface area (Å²) < 4.78 is 0. The van der Waals surface area contributed by atoms with Crippen LogP contribution in [-0.2, 0) is 5.54 Å². The smallest absolute Gasteiger partial charge is 0.335 e. The minimum Gasteiger partial charge on any atom is -0.478 e. The van der Waals surface area contributed by atoms with Crippen LogP contribution in [0, 0.1) is 6.92 Å². The van der Waals surface area contributed by atoms with Crippen LogP contribution >= 0.6 is 0 Å². The molecule has 1 aliphatic rings. The molecule has 74 valence electrons. The lowest BCUT2D eigenvalue weighted by Crippen LogP contribution is -2.19. The summed E-state index contributed by atoms with van der Waals surface area (Å²) in [5.74, 6) is -0.881. The molecule has 3 N–H and O–H groups in total. The number of rotatable bonds is 2. The number of benzene rings is 1. The summed E-state index contributed by atoms with van der Waals surface area (Å²) in [6.45, 7) is 1.79. The highest BCUT2D eigenvalue weighted by molar-refractivity contribution is 5.89. The van der Waals surface area contributed by atoms with Gasteiger partial charge in [-0.1, -0.05) is 12.1 Å². The summed E-state index contributed by atoms with van der Waals surface area (Å²) in [7, 11) is 0. The van der Waals surface area contributed by atoms with Gasteiger partial charge in [-0.2, -0.15) is 0 Å². The van der Waals surface area contributed by atoms with Crippen LogP contribution in [0.15, 0.2) is 18.2 Å². The van der Waals surface area contributed by atoms with Crippen LogP contribution in [0.25, 0.3) is 0 Å². The lowest BCUT2D eigenvalue weighted by atomic mass is 9.99. The summed E-state index contributed by atoms with van der Waals surface area (Å²) in [5, 5.41) is 8.94. The molecule has 1 fully saturated rings. The van der Waals surface area contributed by atoms with Crippen LogP contribution in [0.5, 0.6) is 0 Å². The lowest BCUT2D eigenvalue weighted by molar-refractivity contribution is 0.0696. The van der Waals surface area contributed by atoms with Gasteiger partial charge in [0, 0.05) is 5.54 Å². The van der Waals surface area contributed by atoms with Crippen molar-refractivity contribution in [3.63, 3.8) is 0 Å². The number of aromatic carboxylic acids is 1. The number of nitrogens with two attached hydrogens (primary N) is 1. The summed E-state index contributed by atoms with van der Waals surface area (Å²) in [6, 6.07) is 5.45. The molecule has 0 aliphatic heterocycles. The van der Waals surface area contributed by atoms with Crippen LogP contribution in [0.4, 0.5) is 0 Å². The van der Waals surface area contributed by atoms with Gasteiger partial charge in [0.25, 0.3) is 0 Å². The van der Waals surface area contributed by atoms with Crippen molar-refractivity contribution < 1.29 is 9.90 Å². The molecule has 0 atom stereocenters. The Balaban J connectivity index is 2.46. The Labute approximate surface area is 82.5 Å². The molecule has 0 spiro atoms. The molecule has 2 rings (SSSR count). The molecule has 0 heterocycles. The number of carbonyl (C=O) groups is 1. The molecular formula is C11H13NO2. The van der Waals surface area contributed by atoms with Gasteiger partial charge < -0.3 is 10.8 Å². The van der Waals surface area contributed by atoms with Gasteiger partial charge in [0.05, 0.1) is 5.56 Å². The van der Waals surface area contributed by atoms with E-state index in [0.717, 1.165) is 24.0 Å². The highest BCUT2D eigenvalue weighted by Crippen LogP contribution is 2.42. The standard InChI is InChI=1S/C11H13NO2/c1-7-2-3-8(11(12)4-5-11)6-9(7)10(13)14/h2-3,6H,4-5,12H2,1H3,(H,13,14). The molecule has 0 amide bonds. The minimum atomic E-state index is -0.881. The predicted molar refractivity (Wildman–Crippen MR) is 53.2 cm³/mol. The topological polar surface area (TPSA) is 63.3 Å². The number of hydrogen-bond donors (Lipinski definition) is 2. The molecule has 1 aromatic rings. The van der Waals surface area contributed by atoms with Gasteiger partial charge >= 0.3 is 5.97 Å². The SMILES string of the molecule is Cc1ccc(C2(N)CC2)cc1C(=O)O. The number of hydrogen-bond acceptors (Lipinski definition) is 2. The maximum atomic E-state index is 10.9. The fourth-order valence-electron chi connectivity index (χ4n) is 1.59. The Morgan fingerprint density at radius 3 is 2.64 bits per heavy atom. The molecule has 3 nitrogen and oxygen atoms in total. The Bertz CT molecular complexity index is 394. The first-order valence-corrected chi connectivity index (χ1v) is 4.66. The van der Waals surface area contributed by atoms with Crippen LogP contribution in [0.1, 0.15) is 34.3 Å². The third-order valence-electron chi connectivity index (χ3n) is 2.83. The Morgan fingerprint density at radius 2 is 2.14 bits per heavy atom. The van der Waals surface area contributed by atoms with Gasteiger partial charge in [0.2, 0.25) is 0 Å². The van der Waals surface area contributed by atoms with Crippen molar-refractivity contribution >= 4 is 5.97 Å². The first-order chi connectivity index (χ1) is 6.53. The van der Waals surface area contributed by atoms with Gasteiger partial charge in [0.15, 0.2) is 0 Å². The third-order valence-corrected chi connectivity index (χ3v) is 2.83. The van der Waals surface area contributed by atoms with E-state index in [9.17, 15) is 4.79 Å². The average molecular weight is 191 g/mol. The monoisotopic (exact) mass is 191 g/mol. The van der Waals surface area contributed by atoms with Crippen molar-refractivity contribution in [3.8, 4) is 0 Å². The summed E-state index contributed by atoms with van der Waals surface area (Å²) in [5.41, 5.74) is 7.83. The lowest BCUT2D eigenvalue weighted by Gasteiger charge is -2.10. The summed E-state index contributed by atoms with van der Waals surface area (Å²) >= 11 is 0. The number of aryl methyl sites for hydroxylation is 1. The van der Waals surface area contributed by atoms with Crippen molar-refractivity contribution in [2.45, 2.75) is 25.3 Å². The molecule has 1 aromatic carbocycles. The van der Waals surface area contributed by atoms with E-state index in [0.29, 0.717) is 5.56 Å². The zero-order chi connectivity index (χ0) is 10.3.